The van der Waals surface area contributed by atoms with E-state index in [0.717, 1.165) is 5.56 Å². The van der Waals surface area contributed by atoms with Crippen LogP contribution in [-0.4, -0.2) is 10.1 Å². The fraction of sp³-hybridized carbons (Fsp3) is 0.273. The average molecular weight is 256 g/mol. The van der Waals surface area contributed by atoms with Gasteiger partial charge in [0.05, 0.1) is 6.54 Å². The zero-order valence-electron chi connectivity index (χ0n) is 9.20. The predicted octanol–water partition coefficient (Wildman–Crippen LogP) is 2.46. The van der Waals surface area contributed by atoms with E-state index in [-0.39, 0.29) is 5.82 Å². The summed E-state index contributed by atoms with van der Waals surface area (Å²) in [5, 5.41) is 7.25. The van der Waals surface area contributed by atoms with Gasteiger partial charge in [0.1, 0.15) is 5.82 Å². The first-order valence-corrected chi connectivity index (χ1v) is 5.47. The molecule has 4 nitrogen and oxygen atoms in total. The van der Waals surface area contributed by atoms with Gasteiger partial charge in [-0.3, -0.25) is 0 Å². The van der Waals surface area contributed by atoms with E-state index in [2.05, 4.69) is 15.5 Å². The lowest BCUT2D eigenvalue weighted by Crippen LogP contribution is -2.14. The molecule has 0 aliphatic heterocycles. The summed E-state index contributed by atoms with van der Waals surface area (Å²) in [6.45, 7) is 2.73. The zero-order valence-corrected chi connectivity index (χ0v) is 9.96. The molecule has 1 aromatic carbocycles. The van der Waals surface area contributed by atoms with Gasteiger partial charge in [-0.25, -0.2) is 4.39 Å². The van der Waals surface area contributed by atoms with Crippen LogP contribution in [0.1, 0.15) is 17.3 Å². The molecule has 0 bridgehead atoms. The standard InChI is InChI=1S/C11H11ClFN3O/c1-7-15-11(16-17-7)6-14-5-8-2-3-9(13)4-10(8)12/h2-4,14H,5-6H2,1H3. The molecule has 1 N–H and O–H groups in total. The maximum Gasteiger partial charge on any atom is 0.223 e. The van der Waals surface area contributed by atoms with Gasteiger partial charge >= 0.3 is 0 Å². The molecule has 90 valence electrons. The van der Waals surface area contributed by atoms with Crippen LogP contribution in [-0.2, 0) is 13.1 Å². The van der Waals surface area contributed by atoms with E-state index in [4.69, 9.17) is 16.1 Å². The predicted molar refractivity (Wildman–Crippen MR) is 61.0 cm³/mol. The molecular formula is C11H11ClFN3O. The molecule has 0 atom stereocenters. The Hall–Kier alpha value is -1.46. The number of nitrogens with zero attached hydrogens (tertiary/aromatic N) is 2. The largest absolute Gasteiger partial charge is 0.340 e. The van der Waals surface area contributed by atoms with E-state index in [1.54, 1.807) is 13.0 Å². The molecule has 2 aromatic rings. The normalized spacial score (nSPS) is 10.8. The number of nitrogens with one attached hydrogen (secondary N) is 1. The van der Waals surface area contributed by atoms with E-state index in [9.17, 15) is 4.39 Å². The Morgan fingerprint density at radius 1 is 1.41 bits per heavy atom. The van der Waals surface area contributed by atoms with Crippen molar-refractivity contribution < 1.29 is 8.91 Å². The second kappa shape index (κ2) is 5.25. The number of hydrogen-bond acceptors (Lipinski definition) is 4. The highest BCUT2D eigenvalue weighted by Gasteiger charge is 2.04. The lowest BCUT2D eigenvalue weighted by Gasteiger charge is -2.04. The molecular weight excluding hydrogens is 245 g/mol. The molecule has 0 spiro atoms. The van der Waals surface area contributed by atoms with Gasteiger partial charge in [-0.1, -0.05) is 22.8 Å². The van der Waals surface area contributed by atoms with Crippen molar-refractivity contribution in [3.05, 3.63) is 46.3 Å². The van der Waals surface area contributed by atoms with Gasteiger partial charge in [0.15, 0.2) is 5.82 Å². The highest BCUT2D eigenvalue weighted by atomic mass is 35.5. The Morgan fingerprint density at radius 3 is 2.88 bits per heavy atom. The smallest absolute Gasteiger partial charge is 0.223 e. The number of aryl methyl sites for hydroxylation is 1. The van der Waals surface area contributed by atoms with E-state index in [0.29, 0.717) is 29.8 Å². The van der Waals surface area contributed by atoms with Gasteiger partial charge in [-0.05, 0) is 17.7 Å². The van der Waals surface area contributed by atoms with Crippen LogP contribution in [0, 0.1) is 12.7 Å². The molecule has 0 aliphatic rings. The number of halogens is 2. The fourth-order valence-corrected chi connectivity index (χ4v) is 1.62. The van der Waals surface area contributed by atoms with Crippen molar-refractivity contribution in [2.45, 2.75) is 20.0 Å². The zero-order chi connectivity index (χ0) is 12.3. The summed E-state index contributed by atoms with van der Waals surface area (Å²) in [5.74, 6) is 0.773. The second-order valence-corrected chi connectivity index (χ2v) is 3.98. The SMILES string of the molecule is Cc1nc(CNCc2ccc(F)cc2Cl)no1. The minimum absolute atomic E-state index is 0.340. The second-order valence-electron chi connectivity index (χ2n) is 3.57. The number of benzene rings is 1. The minimum Gasteiger partial charge on any atom is -0.340 e. The van der Waals surface area contributed by atoms with E-state index >= 15 is 0 Å². The van der Waals surface area contributed by atoms with Crippen LogP contribution in [0.5, 0.6) is 0 Å². The quantitative estimate of drug-likeness (QED) is 0.912. The van der Waals surface area contributed by atoms with Gasteiger partial charge in [0.2, 0.25) is 5.89 Å². The maximum atomic E-state index is 12.8. The van der Waals surface area contributed by atoms with Crippen molar-refractivity contribution in [2.75, 3.05) is 0 Å². The molecule has 6 heteroatoms. The van der Waals surface area contributed by atoms with Gasteiger partial charge in [-0.15, -0.1) is 0 Å². The monoisotopic (exact) mass is 255 g/mol. The minimum atomic E-state index is -0.340. The molecule has 0 saturated carbocycles. The highest BCUT2D eigenvalue weighted by Crippen LogP contribution is 2.16. The lowest BCUT2D eigenvalue weighted by atomic mass is 10.2. The van der Waals surface area contributed by atoms with E-state index < -0.39 is 0 Å². The Labute approximate surface area is 103 Å². The van der Waals surface area contributed by atoms with Crippen molar-refractivity contribution in [3.63, 3.8) is 0 Å². The van der Waals surface area contributed by atoms with Crippen LogP contribution in [0.25, 0.3) is 0 Å². The lowest BCUT2D eigenvalue weighted by molar-refractivity contribution is 0.385. The summed E-state index contributed by atoms with van der Waals surface area (Å²) in [4.78, 5) is 4.05. The van der Waals surface area contributed by atoms with Crippen LogP contribution in [0.2, 0.25) is 5.02 Å². The summed E-state index contributed by atoms with van der Waals surface area (Å²) >= 11 is 5.89. The van der Waals surface area contributed by atoms with E-state index in [1.165, 1.54) is 12.1 Å². The van der Waals surface area contributed by atoms with Crippen molar-refractivity contribution in [1.29, 1.82) is 0 Å². The van der Waals surface area contributed by atoms with Gasteiger partial charge in [-0.2, -0.15) is 4.98 Å². The van der Waals surface area contributed by atoms with Crippen LogP contribution in [0.3, 0.4) is 0 Å². The number of rotatable bonds is 4. The summed E-state index contributed by atoms with van der Waals surface area (Å²) in [5.41, 5.74) is 0.827. The molecule has 0 aliphatic carbocycles. The van der Waals surface area contributed by atoms with Crippen molar-refractivity contribution in [3.8, 4) is 0 Å². The molecule has 0 amide bonds. The van der Waals surface area contributed by atoms with Crippen LogP contribution in [0.15, 0.2) is 22.7 Å². The third kappa shape index (κ3) is 3.25. The highest BCUT2D eigenvalue weighted by molar-refractivity contribution is 6.31. The number of aromatic nitrogens is 2. The number of hydrogen-bond donors (Lipinski definition) is 1. The molecule has 1 aromatic heterocycles. The van der Waals surface area contributed by atoms with E-state index in [1.807, 2.05) is 0 Å². The molecule has 0 radical (unpaired) electrons. The maximum absolute atomic E-state index is 12.8. The summed E-state index contributed by atoms with van der Waals surface area (Å²) in [7, 11) is 0. The molecule has 0 unspecified atom stereocenters. The van der Waals surface area contributed by atoms with Gasteiger partial charge in [0, 0.05) is 18.5 Å². The average Bonchev–Trinajstić information content (AvgIpc) is 2.68. The fourth-order valence-electron chi connectivity index (χ4n) is 1.39. The summed E-state index contributed by atoms with van der Waals surface area (Å²) < 4.78 is 17.6. The third-order valence-corrected chi connectivity index (χ3v) is 2.54. The third-order valence-electron chi connectivity index (χ3n) is 2.18. The first-order valence-electron chi connectivity index (χ1n) is 5.09. The molecule has 0 saturated heterocycles. The molecule has 17 heavy (non-hydrogen) atoms. The Kier molecular flexibility index (Phi) is 3.71. The molecule has 1 heterocycles. The first kappa shape index (κ1) is 12.0. The van der Waals surface area contributed by atoms with Crippen molar-refractivity contribution >= 4 is 11.6 Å². The van der Waals surface area contributed by atoms with Crippen LogP contribution < -0.4 is 5.32 Å². The Bertz CT molecular complexity index is 515. The topological polar surface area (TPSA) is 51.0 Å². The molecule has 0 fully saturated rings. The van der Waals surface area contributed by atoms with Crippen molar-refractivity contribution in [2.24, 2.45) is 0 Å². The van der Waals surface area contributed by atoms with Gasteiger partial charge < -0.3 is 9.84 Å². The Morgan fingerprint density at radius 2 is 2.24 bits per heavy atom. The Balaban J connectivity index is 1.90. The first-order chi connectivity index (χ1) is 8.15. The summed E-state index contributed by atoms with van der Waals surface area (Å²) in [6.07, 6.45) is 0. The van der Waals surface area contributed by atoms with Crippen LogP contribution >= 0.6 is 11.6 Å². The summed E-state index contributed by atoms with van der Waals surface area (Å²) in [6, 6.07) is 4.31. The van der Waals surface area contributed by atoms with Crippen molar-refractivity contribution in [1.82, 2.24) is 15.5 Å². The van der Waals surface area contributed by atoms with Gasteiger partial charge in [0.25, 0.3) is 0 Å². The molecule has 2 rings (SSSR count). The van der Waals surface area contributed by atoms with Crippen LogP contribution in [0.4, 0.5) is 4.39 Å².